The van der Waals surface area contributed by atoms with Crippen LogP contribution in [0, 0.1) is 0 Å². The molecule has 0 bridgehead atoms. The van der Waals surface area contributed by atoms with E-state index in [1.54, 1.807) is 18.3 Å². The van der Waals surface area contributed by atoms with Gasteiger partial charge in [0.2, 0.25) is 5.88 Å². The molecule has 0 saturated carbocycles. The van der Waals surface area contributed by atoms with Crippen LogP contribution >= 0.6 is 11.6 Å². The van der Waals surface area contributed by atoms with Crippen LogP contribution in [0.25, 0.3) is 0 Å². The summed E-state index contributed by atoms with van der Waals surface area (Å²) in [7, 11) is 0. The van der Waals surface area contributed by atoms with Crippen molar-refractivity contribution in [3.63, 3.8) is 0 Å². The lowest BCUT2D eigenvalue weighted by Crippen LogP contribution is -2.36. The normalized spacial score (nSPS) is 14.1. The summed E-state index contributed by atoms with van der Waals surface area (Å²) in [5.41, 5.74) is 2.60. The topological polar surface area (TPSA) is 71.1 Å². The highest BCUT2D eigenvalue weighted by atomic mass is 35.5. The Hall–Kier alpha value is -2.70. The molecule has 1 aromatic carbocycles. The number of benzene rings is 1. The van der Waals surface area contributed by atoms with Gasteiger partial charge in [0.25, 0.3) is 5.56 Å². The van der Waals surface area contributed by atoms with Crippen molar-refractivity contribution in [1.82, 2.24) is 19.9 Å². The standard InChI is InChI=1S/C22H23ClN4O2/c1-14(2)20-25-19-9-11-27(13-18(19)21(28)26-20)12-15-4-3-10-24-22(15)29-17-7-5-16(23)6-8-17/h3-8,10,14H,9,11-13H2,1-2H3,(H,25,26,28). The van der Waals surface area contributed by atoms with Gasteiger partial charge in [-0.05, 0) is 30.3 Å². The largest absolute Gasteiger partial charge is 0.439 e. The molecular weight excluding hydrogens is 388 g/mol. The molecule has 0 radical (unpaired) electrons. The quantitative estimate of drug-likeness (QED) is 0.679. The van der Waals surface area contributed by atoms with Gasteiger partial charge in [-0.15, -0.1) is 0 Å². The second-order valence-corrected chi connectivity index (χ2v) is 7.95. The molecule has 0 aliphatic carbocycles. The first kappa shape index (κ1) is 19.6. The van der Waals surface area contributed by atoms with Crippen LogP contribution in [0.5, 0.6) is 11.6 Å². The lowest BCUT2D eigenvalue weighted by atomic mass is 10.1. The average Bonchev–Trinajstić information content (AvgIpc) is 2.71. The average molecular weight is 411 g/mol. The third-order valence-corrected chi connectivity index (χ3v) is 5.24. The van der Waals surface area contributed by atoms with Crippen molar-refractivity contribution in [1.29, 1.82) is 0 Å². The van der Waals surface area contributed by atoms with Gasteiger partial charge in [0, 0.05) is 48.8 Å². The predicted octanol–water partition coefficient (Wildman–Crippen LogP) is 4.29. The third kappa shape index (κ3) is 4.49. The van der Waals surface area contributed by atoms with Crippen molar-refractivity contribution in [3.05, 3.63) is 80.6 Å². The predicted molar refractivity (Wildman–Crippen MR) is 113 cm³/mol. The fourth-order valence-corrected chi connectivity index (χ4v) is 3.53. The number of halogens is 1. The van der Waals surface area contributed by atoms with Crippen LogP contribution in [0.2, 0.25) is 5.02 Å². The maximum atomic E-state index is 12.6. The van der Waals surface area contributed by atoms with Crippen LogP contribution < -0.4 is 10.3 Å². The summed E-state index contributed by atoms with van der Waals surface area (Å²) >= 11 is 5.94. The molecule has 1 aliphatic rings. The lowest BCUT2D eigenvalue weighted by Gasteiger charge is -2.28. The second kappa shape index (κ2) is 8.35. The van der Waals surface area contributed by atoms with E-state index in [1.807, 2.05) is 38.1 Å². The van der Waals surface area contributed by atoms with Crippen LogP contribution in [-0.2, 0) is 19.5 Å². The SMILES string of the molecule is CC(C)c1nc2c(c(=O)[nH]1)CN(Cc1cccnc1Oc1ccc(Cl)cc1)CC2. The number of rotatable bonds is 5. The molecule has 2 aromatic heterocycles. The van der Waals surface area contributed by atoms with E-state index >= 15 is 0 Å². The summed E-state index contributed by atoms with van der Waals surface area (Å²) in [5, 5.41) is 0.657. The molecule has 6 nitrogen and oxygen atoms in total. The third-order valence-electron chi connectivity index (χ3n) is 4.98. The molecule has 7 heteroatoms. The number of pyridine rings is 1. The molecule has 1 N–H and O–H groups in total. The van der Waals surface area contributed by atoms with Gasteiger partial charge in [-0.1, -0.05) is 31.5 Å². The highest BCUT2D eigenvalue weighted by Crippen LogP contribution is 2.26. The first-order chi connectivity index (χ1) is 14.0. The highest BCUT2D eigenvalue weighted by molar-refractivity contribution is 6.30. The first-order valence-corrected chi connectivity index (χ1v) is 10.1. The van der Waals surface area contributed by atoms with Crippen molar-refractivity contribution in [3.8, 4) is 11.6 Å². The molecule has 0 amide bonds. The van der Waals surface area contributed by atoms with E-state index in [9.17, 15) is 4.79 Å². The minimum atomic E-state index is -0.0350. The van der Waals surface area contributed by atoms with E-state index in [4.69, 9.17) is 16.3 Å². The monoisotopic (exact) mass is 410 g/mol. The summed E-state index contributed by atoms with van der Waals surface area (Å²) in [5.74, 6) is 2.20. The van der Waals surface area contributed by atoms with E-state index in [0.717, 1.165) is 35.6 Å². The Morgan fingerprint density at radius 1 is 1.24 bits per heavy atom. The Balaban J connectivity index is 1.52. The Morgan fingerprint density at radius 2 is 2.03 bits per heavy atom. The van der Waals surface area contributed by atoms with Gasteiger partial charge < -0.3 is 9.72 Å². The van der Waals surface area contributed by atoms with Crippen LogP contribution in [0.1, 0.15) is 42.4 Å². The van der Waals surface area contributed by atoms with E-state index < -0.39 is 0 Å². The molecule has 1 aliphatic heterocycles. The Labute approximate surface area is 174 Å². The molecule has 0 saturated heterocycles. The number of aromatic nitrogens is 3. The van der Waals surface area contributed by atoms with Gasteiger partial charge >= 0.3 is 0 Å². The zero-order valence-electron chi connectivity index (χ0n) is 16.5. The van der Waals surface area contributed by atoms with E-state index in [2.05, 4.69) is 19.9 Å². The lowest BCUT2D eigenvalue weighted by molar-refractivity contribution is 0.238. The summed E-state index contributed by atoms with van der Waals surface area (Å²) < 4.78 is 5.96. The maximum absolute atomic E-state index is 12.6. The molecular formula is C22H23ClN4O2. The highest BCUT2D eigenvalue weighted by Gasteiger charge is 2.23. The van der Waals surface area contributed by atoms with Crippen LogP contribution in [0.4, 0.5) is 0 Å². The zero-order chi connectivity index (χ0) is 20.4. The summed E-state index contributed by atoms with van der Waals surface area (Å²) in [4.78, 5) is 26.8. The summed E-state index contributed by atoms with van der Waals surface area (Å²) in [6.45, 7) is 6.10. The number of nitrogens with zero attached hydrogens (tertiary/aromatic N) is 3. The molecule has 3 aromatic rings. The zero-order valence-corrected chi connectivity index (χ0v) is 17.2. The molecule has 0 unspecified atom stereocenters. The number of ether oxygens (including phenoxy) is 1. The molecule has 0 spiro atoms. The van der Waals surface area contributed by atoms with Crippen molar-refractivity contribution >= 4 is 11.6 Å². The second-order valence-electron chi connectivity index (χ2n) is 7.52. The molecule has 29 heavy (non-hydrogen) atoms. The molecule has 150 valence electrons. The van der Waals surface area contributed by atoms with Crippen molar-refractivity contribution in [2.24, 2.45) is 0 Å². The number of aromatic amines is 1. The van der Waals surface area contributed by atoms with Gasteiger partial charge in [0.15, 0.2) is 0 Å². The van der Waals surface area contributed by atoms with Gasteiger partial charge in [0.05, 0.1) is 11.3 Å². The maximum Gasteiger partial charge on any atom is 0.255 e. The first-order valence-electron chi connectivity index (χ1n) is 9.71. The Bertz CT molecular complexity index is 1060. The van der Waals surface area contributed by atoms with E-state index in [-0.39, 0.29) is 11.5 Å². The van der Waals surface area contributed by atoms with Gasteiger partial charge in [-0.25, -0.2) is 9.97 Å². The van der Waals surface area contributed by atoms with Crippen molar-refractivity contribution in [2.45, 2.75) is 39.3 Å². The van der Waals surface area contributed by atoms with E-state index in [1.165, 1.54) is 0 Å². The van der Waals surface area contributed by atoms with Crippen LogP contribution in [0.3, 0.4) is 0 Å². The number of hydrogen-bond acceptors (Lipinski definition) is 5. The smallest absolute Gasteiger partial charge is 0.255 e. The number of nitrogens with one attached hydrogen (secondary N) is 1. The van der Waals surface area contributed by atoms with E-state index in [0.29, 0.717) is 29.7 Å². The molecule has 4 rings (SSSR count). The minimum Gasteiger partial charge on any atom is -0.439 e. The van der Waals surface area contributed by atoms with Gasteiger partial charge in [0.1, 0.15) is 11.6 Å². The fourth-order valence-electron chi connectivity index (χ4n) is 3.40. The minimum absolute atomic E-state index is 0.0350. The fraction of sp³-hybridized carbons (Fsp3) is 0.318. The number of fused-ring (bicyclic) bond motifs is 1. The van der Waals surface area contributed by atoms with Gasteiger partial charge in [-0.3, -0.25) is 9.69 Å². The molecule has 0 atom stereocenters. The van der Waals surface area contributed by atoms with Crippen LogP contribution in [0.15, 0.2) is 47.4 Å². The summed E-state index contributed by atoms with van der Waals surface area (Å²) in [6, 6.07) is 11.1. The van der Waals surface area contributed by atoms with Crippen molar-refractivity contribution < 1.29 is 4.74 Å². The summed E-state index contributed by atoms with van der Waals surface area (Å²) in [6.07, 6.45) is 2.47. The molecule has 3 heterocycles. The number of hydrogen-bond donors (Lipinski definition) is 1. The number of H-pyrrole nitrogens is 1. The molecule has 0 fully saturated rings. The Kier molecular flexibility index (Phi) is 5.65. The van der Waals surface area contributed by atoms with Gasteiger partial charge in [-0.2, -0.15) is 0 Å². The van der Waals surface area contributed by atoms with Crippen molar-refractivity contribution in [2.75, 3.05) is 6.54 Å². The van der Waals surface area contributed by atoms with Crippen LogP contribution in [-0.4, -0.2) is 26.4 Å². The Morgan fingerprint density at radius 3 is 2.79 bits per heavy atom.